The van der Waals surface area contributed by atoms with Crippen molar-refractivity contribution in [3.8, 4) is 16.9 Å². The number of pyridine rings is 1. The van der Waals surface area contributed by atoms with Crippen molar-refractivity contribution in [2.24, 2.45) is 0 Å². The van der Waals surface area contributed by atoms with Crippen LogP contribution in [0.25, 0.3) is 11.1 Å². The SMILES string of the molecule is CC(C)(C)NC(=O)N1CCN(c2cc(-c3cc4cc(c3)Nc3ncc(Cl)c(n3)Nc3cccc(c3)OCC4)ccn2)CC1.O=C(O)C(F)(F)F.O=C(O)C(F)(F)F. The number of nitrogens with one attached hydrogen (secondary N) is 3. The maximum Gasteiger partial charge on any atom is 0.490 e. The Bertz CT molecular complexity index is 2030. The third kappa shape index (κ3) is 13.6. The van der Waals surface area contributed by atoms with Crippen LogP contribution in [0.1, 0.15) is 26.3 Å². The van der Waals surface area contributed by atoms with Gasteiger partial charge in [-0.2, -0.15) is 31.3 Å². The summed E-state index contributed by atoms with van der Waals surface area (Å²) in [7, 11) is 0. The lowest BCUT2D eigenvalue weighted by Gasteiger charge is -2.37. The number of benzene rings is 2. The number of fused-ring (bicyclic) bond motifs is 6. The average molecular weight is 827 g/mol. The number of carbonyl (C=O) groups excluding carboxylic acids is 1. The molecule has 2 amide bonds. The van der Waals surface area contributed by atoms with Crippen LogP contribution in [0.5, 0.6) is 5.75 Å². The Morgan fingerprint density at radius 3 is 2.09 bits per heavy atom. The first-order valence-corrected chi connectivity index (χ1v) is 17.3. The number of rotatable bonds is 2. The number of anilines is 5. The van der Waals surface area contributed by atoms with Crippen molar-refractivity contribution in [2.75, 3.05) is 48.3 Å². The number of carboxylic acid groups (broad SMARTS) is 2. The number of halogens is 7. The van der Waals surface area contributed by atoms with Crippen molar-refractivity contribution in [1.82, 2.24) is 25.2 Å². The molecule has 1 fully saturated rings. The number of hydrogen-bond donors (Lipinski definition) is 5. The van der Waals surface area contributed by atoms with Gasteiger partial charge in [-0.15, -0.1) is 0 Å². The fourth-order valence-electron chi connectivity index (χ4n) is 5.12. The first-order chi connectivity index (χ1) is 26.6. The average Bonchev–Trinajstić information content (AvgIpc) is 3.12. The molecule has 21 heteroatoms. The summed E-state index contributed by atoms with van der Waals surface area (Å²) in [5.74, 6) is -2.94. The predicted octanol–water partition coefficient (Wildman–Crippen LogP) is 7.51. The zero-order chi connectivity index (χ0) is 42.1. The van der Waals surface area contributed by atoms with Crippen LogP contribution < -0.4 is 25.6 Å². The fraction of sp³-hybridized carbons (Fsp3) is 0.333. The summed E-state index contributed by atoms with van der Waals surface area (Å²) in [4.78, 5) is 48.2. The number of nitrogens with zero attached hydrogens (tertiary/aromatic N) is 5. The number of carboxylic acids is 2. The van der Waals surface area contributed by atoms with Gasteiger partial charge in [-0.05, 0) is 73.9 Å². The van der Waals surface area contributed by atoms with Crippen molar-refractivity contribution in [3.05, 3.63) is 77.6 Å². The van der Waals surface area contributed by atoms with Gasteiger partial charge in [0.2, 0.25) is 5.95 Å². The van der Waals surface area contributed by atoms with Crippen molar-refractivity contribution >= 4 is 58.5 Å². The second kappa shape index (κ2) is 18.3. The Labute approximate surface area is 326 Å². The molecule has 0 radical (unpaired) electrons. The first-order valence-electron chi connectivity index (χ1n) is 16.9. The molecular weight excluding hydrogens is 790 g/mol. The normalized spacial score (nSPS) is 14.1. The molecule has 4 heterocycles. The number of aromatic nitrogens is 3. The highest BCUT2D eigenvalue weighted by atomic mass is 35.5. The van der Waals surface area contributed by atoms with E-state index in [1.54, 1.807) is 6.20 Å². The lowest BCUT2D eigenvalue weighted by Crippen LogP contribution is -2.55. The fourth-order valence-corrected chi connectivity index (χ4v) is 5.25. The van der Waals surface area contributed by atoms with Gasteiger partial charge in [0.05, 0.1) is 12.8 Å². The van der Waals surface area contributed by atoms with E-state index in [4.69, 9.17) is 36.1 Å². The first kappa shape index (κ1) is 43.7. The molecule has 0 unspecified atom stereocenters. The molecule has 306 valence electrons. The highest BCUT2D eigenvalue weighted by Crippen LogP contribution is 2.31. The predicted molar refractivity (Wildman–Crippen MR) is 198 cm³/mol. The molecule has 14 nitrogen and oxygen atoms in total. The third-order valence-corrected chi connectivity index (χ3v) is 7.96. The van der Waals surface area contributed by atoms with Gasteiger partial charge < -0.3 is 40.7 Å². The van der Waals surface area contributed by atoms with Crippen LogP contribution in [-0.2, 0) is 16.0 Å². The largest absolute Gasteiger partial charge is 0.493 e. The summed E-state index contributed by atoms with van der Waals surface area (Å²) in [6.07, 6.45) is -6.03. The number of amides is 2. The molecule has 6 bridgehead atoms. The van der Waals surface area contributed by atoms with Gasteiger partial charge in [0.1, 0.15) is 16.6 Å². The lowest BCUT2D eigenvalue weighted by molar-refractivity contribution is -0.193. The Kier molecular flexibility index (Phi) is 14.0. The second-order valence-electron chi connectivity index (χ2n) is 13.3. The molecular formula is C36H37ClF6N8O6. The molecule has 2 aromatic heterocycles. The molecule has 6 rings (SSSR count). The molecule has 2 aliphatic heterocycles. The molecule has 1 saturated heterocycles. The van der Waals surface area contributed by atoms with E-state index in [-0.39, 0.29) is 11.6 Å². The Morgan fingerprint density at radius 1 is 0.825 bits per heavy atom. The monoisotopic (exact) mass is 826 g/mol. The summed E-state index contributed by atoms with van der Waals surface area (Å²) < 4.78 is 69.6. The number of piperazine rings is 1. The van der Waals surface area contributed by atoms with Crippen molar-refractivity contribution < 1.29 is 55.7 Å². The Morgan fingerprint density at radius 2 is 1.47 bits per heavy atom. The van der Waals surface area contributed by atoms with Crippen LogP contribution in [0, 0.1) is 0 Å². The molecule has 0 aliphatic carbocycles. The van der Waals surface area contributed by atoms with Crippen LogP contribution in [0.3, 0.4) is 0 Å². The number of urea groups is 1. The van der Waals surface area contributed by atoms with Crippen molar-refractivity contribution in [3.63, 3.8) is 0 Å². The minimum absolute atomic E-state index is 0.0269. The number of aliphatic carboxylic acids is 2. The summed E-state index contributed by atoms with van der Waals surface area (Å²) in [5, 5.41) is 24.3. The van der Waals surface area contributed by atoms with Crippen molar-refractivity contribution in [1.29, 1.82) is 0 Å². The quantitative estimate of drug-likeness (QED) is 0.126. The van der Waals surface area contributed by atoms with E-state index < -0.39 is 24.3 Å². The van der Waals surface area contributed by atoms with E-state index in [0.717, 1.165) is 39.6 Å². The number of carbonyl (C=O) groups is 3. The highest BCUT2D eigenvalue weighted by molar-refractivity contribution is 6.32. The maximum absolute atomic E-state index is 12.6. The van der Waals surface area contributed by atoms with E-state index in [1.807, 2.05) is 62.2 Å². The molecule has 4 aromatic rings. The van der Waals surface area contributed by atoms with Crippen LogP contribution in [0.4, 0.5) is 60.1 Å². The van der Waals surface area contributed by atoms with Crippen LogP contribution >= 0.6 is 11.6 Å². The summed E-state index contributed by atoms with van der Waals surface area (Å²) in [6, 6.07) is 18.2. The van der Waals surface area contributed by atoms with Gasteiger partial charge in [-0.3, -0.25) is 0 Å². The molecule has 2 aliphatic rings. The maximum atomic E-state index is 12.6. The summed E-state index contributed by atoms with van der Waals surface area (Å²) in [6.45, 7) is 9.19. The van der Waals surface area contributed by atoms with Gasteiger partial charge in [0, 0.05) is 61.8 Å². The smallest absolute Gasteiger partial charge is 0.490 e. The van der Waals surface area contributed by atoms with E-state index in [0.29, 0.717) is 56.0 Å². The van der Waals surface area contributed by atoms with E-state index >= 15 is 0 Å². The number of ether oxygens (including phenoxy) is 1. The van der Waals surface area contributed by atoms with Crippen molar-refractivity contribution in [2.45, 2.75) is 45.1 Å². The van der Waals surface area contributed by atoms with E-state index in [1.165, 1.54) is 0 Å². The second-order valence-corrected chi connectivity index (χ2v) is 13.8. The summed E-state index contributed by atoms with van der Waals surface area (Å²) in [5.41, 5.74) is 4.60. The molecule has 0 spiro atoms. The van der Waals surface area contributed by atoms with Crippen LogP contribution in [0.2, 0.25) is 5.02 Å². The third-order valence-electron chi connectivity index (χ3n) is 7.69. The minimum atomic E-state index is -5.08. The molecule has 2 aromatic carbocycles. The Hall–Kier alpha value is -6.05. The lowest BCUT2D eigenvalue weighted by atomic mass is 10.0. The molecule has 57 heavy (non-hydrogen) atoms. The molecule has 5 N–H and O–H groups in total. The van der Waals surface area contributed by atoms with Gasteiger partial charge in [0.15, 0.2) is 5.82 Å². The zero-order valence-corrected chi connectivity index (χ0v) is 31.3. The van der Waals surface area contributed by atoms with Crippen LogP contribution in [-0.4, -0.2) is 98.7 Å². The van der Waals surface area contributed by atoms with Gasteiger partial charge >= 0.3 is 30.3 Å². The minimum Gasteiger partial charge on any atom is -0.493 e. The van der Waals surface area contributed by atoms with Gasteiger partial charge in [0.25, 0.3) is 0 Å². The summed E-state index contributed by atoms with van der Waals surface area (Å²) >= 11 is 6.41. The number of hydrogen-bond acceptors (Lipinski definition) is 10. The molecule has 0 atom stereocenters. The topological polar surface area (TPSA) is 182 Å². The zero-order valence-electron chi connectivity index (χ0n) is 30.5. The molecule has 0 saturated carbocycles. The van der Waals surface area contributed by atoms with E-state index in [9.17, 15) is 31.1 Å². The van der Waals surface area contributed by atoms with Gasteiger partial charge in [-0.25, -0.2) is 24.4 Å². The standard InChI is InChI=1S/C32H35ClN8O2.2C2HF3O2/c1-32(2,3)39-31(42)41-12-10-40(11-13-41)28-18-22(7-9-34-28)23-15-21-8-14-43-26-6-4-5-24(19-26)36-29-27(33)20-35-30(38-29)37-25(16-21)17-23;2*3-2(4,5)1(6)7/h4-7,9,15-20H,8,10-14H2,1-3H3,(H,39,42)(H2,35,36,37,38);2*(H,6,7). The number of alkyl halides is 6. The van der Waals surface area contributed by atoms with Gasteiger partial charge in [-0.1, -0.05) is 23.7 Å². The Balaban J connectivity index is 0.000000440. The van der Waals surface area contributed by atoms with E-state index in [2.05, 4.69) is 60.1 Å². The van der Waals surface area contributed by atoms with Crippen LogP contribution in [0.15, 0.2) is 67.0 Å². The highest BCUT2D eigenvalue weighted by Gasteiger charge is 2.39.